The number of fused-ring (bicyclic) bond motifs is 1. The van der Waals surface area contributed by atoms with E-state index < -0.39 is 5.25 Å². The summed E-state index contributed by atoms with van der Waals surface area (Å²) in [6.07, 6.45) is 1.91. The van der Waals surface area contributed by atoms with Crippen molar-refractivity contribution in [3.05, 3.63) is 78.4 Å². The van der Waals surface area contributed by atoms with Crippen molar-refractivity contribution >= 4 is 55.9 Å². The lowest BCUT2D eigenvalue weighted by Gasteiger charge is -2.17. The monoisotopic (exact) mass is 489 g/mol. The standard InChI is InChI=1S/C26H23N3O3S2/c1-32-19-12-13-21-22(15-19)34-26(28-21)29-25(31)23(16-6-3-2-4-7-16)33-20-9-5-8-18(14-20)27-24(30)17-10-11-17/h2-9,12-15,17,23H,10-11H2,1H3,(H,27,30)(H,28,29,31). The molecule has 0 bridgehead atoms. The van der Waals surface area contributed by atoms with Crippen molar-refractivity contribution in [2.24, 2.45) is 5.92 Å². The molecule has 1 fully saturated rings. The summed E-state index contributed by atoms with van der Waals surface area (Å²) in [5.74, 6) is 0.787. The van der Waals surface area contributed by atoms with Crippen LogP contribution in [-0.2, 0) is 9.59 Å². The normalized spacial score (nSPS) is 13.9. The molecule has 0 aliphatic heterocycles. The smallest absolute Gasteiger partial charge is 0.244 e. The number of amides is 2. The number of carbonyl (C=O) groups is 2. The molecule has 1 aliphatic carbocycles. The molecule has 1 heterocycles. The van der Waals surface area contributed by atoms with Crippen LogP contribution in [0.2, 0.25) is 0 Å². The molecular formula is C26H23N3O3S2. The van der Waals surface area contributed by atoms with Crippen LogP contribution < -0.4 is 15.4 Å². The number of ether oxygens (including phenoxy) is 1. The molecule has 6 nitrogen and oxygen atoms in total. The van der Waals surface area contributed by atoms with Crippen LogP contribution in [-0.4, -0.2) is 23.9 Å². The molecule has 34 heavy (non-hydrogen) atoms. The number of thioether (sulfide) groups is 1. The summed E-state index contributed by atoms with van der Waals surface area (Å²) in [5.41, 5.74) is 2.44. The number of thiazole rings is 1. The number of rotatable bonds is 8. The molecule has 2 amide bonds. The van der Waals surface area contributed by atoms with Crippen molar-refractivity contribution in [2.75, 3.05) is 17.7 Å². The SMILES string of the molecule is COc1ccc2nc(NC(=O)C(Sc3cccc(NC(=O)C4CC4)c3)c3ccccc3)sc2c1. The van der Waals surface area contributed by atoms with Crippen molar-refractivity contribution in [2.45, 2.75) is 23.0 Å². The van der Waals surface area contributed by atoms with E-state index in [2.05, 4.69) is 15.6 Å². The molecule has 2 N–H and O–H groups in total. The summed E-state index contributed by atoms with van der Waals surface area (Å²) in [6, 6.07) is 22.9. The summed E-state index contributed by atoms with van der Waals surface area (Å²) in [7, 11) is 1.62. The van der Waals surface area contributed by atoms with Gasteiger partial charge in [-0.1, -0.05) is 47.7 Å². The van der Waals surface area contributed by atoms with Gasteiger partial charge in [0.2, 0.25) is 11.8 Å². The second-order valence-electron chi connectivity index (χ2n) is 8.04. The second kappa shape index (κ2) is 9.87. The Hall–Kier alpha value is -3.36. The average molecular weight is 490 g/mol. The van der Waals surface area contributed by atoms with Crippen LogP contribution in [0.15, 0.2) is 77.7 Å². The Kier molecular flexibility index (Phi) is 6.51. The first-order valence-electron chi connectivity index (χ1n) is 11.0. The Bertz CT molecular complexity index is 1340. The summed E-state index contributed by atoms with van der Waals surface area (Å²) in [4.78, 5) is 31.0. The zero-order valence-corrected chi connectivity index (χ0v) is 20.1. The predicted molar refractivity (Wildman–Crippen MR) is 138 cm³/mol. The zero-order chi connectivity index (χ0) is 23.5. The predicted octanol–water partition coefficient (Wildman–Crippen LogP) is 6.13. The van der Waals surface area contributed by atoms with E-state index in [9.17, 15) is 9.59 Å². The van der Waals surface area contributed by atoms with Crippen LogP contribution in [0.25, 0.3) is 10.2 Å². The number of methoxy groups -OCH3 is 1. The molecule has 8 heteroatoms. The van der Waals surface area contributed by atoms with Gasteiger partial charge in [-0.15, -0.1) is 11.8 Å². The Morgan fingerprint density at radius 2 is 1.85 bits per heavy atom. The third-order valence-electron chi connectivity index (χ3n) is 5.47. The van der Waals surface area contributed by atoms with Crippen LogP contribution in [0.5, 0.6) is 5.75 Å². The van der Waals surface area contributed by atoms with Crippen molar-refractivity contribution in [1.29, 1.82) is 0 Å². The van der Waals surface area contributed by atoms with Gasteiger partial charge in [-0.3, -0.25) is 9.59 Å². The van der Waals surface area contributed by atoms with Gasteiger partial charge in [-0.2, -0.15) is 0 Å². The molecule has 1 saturated carbocycles. The second-order valence-corrected chi connectivity index (χ2v) is 10.3. The van der Waals surface area contributed by atoms with Crippen LogP contribution in [0.3, 0.4) is 0 Å². The van der Waals surface area contributed by atoms with E-state index in [1.54, 1.807) is 7.11 Å². The van der Waals surface area contributed by atoms with E-state index in [0.717, 1.165) is 45.0 Å². The fourth-order valence-electron chi connectivity index (χ4n) is 3.53. The van der Waals surface area contributed by atoms with Crippen LogP contribution in [0.4, 0.5) is 10.8 Å². The summed E-state index contributed by atoms with van der Waals surface area (Å²) < 4.78 is 6.23. The molecule has 1 unspecified atom stereocenters. The van der Waals surface area contributed by atoms with Crippen molar-refractivity contribution in [3.8, 4) is 5.75 Å². The first-order chi connectivity index (χ1) is 16.6. The number of anilines is 2. The molecule has 4 aromatic rings. The third-order valence-corrected chi connectivity index (χ3v) is 7.65. The molecule has 3 aromatic carbocycles. The highest BCUT2D eigenvalue weighted by atomic mass is 32.2. The number of hydrogen-bond donors (Lipinski definition) is 2. The van der Waals surface area contributed by atoms with E-state index in [1.807, 2.05) is 72.8 Å². The lowest BCUT2D eigenvalue weighted by molar-refractivity contribution is -0.117. The quantitative estimate of drug-likeness (QED) is 0.291. The average Bonchev–Trinajstić information content (AvgIpc) is 3.63. The third kappa shape index (κ3) is 5.24. The minimum absolute atomic E-state index is 0.0620. The fraction of sp³-hybridized carbons (Fsp3) is 0.192. The molecule has 5 rings (SSSR count). The lowest BCUT2D eigenvalue weighted by Crippen LogP contribution is -2.19. The number of nitrogens with zero attached hydrogens (tertiary/aromatic N) is 1. The molecule has 0 saturated heterocycles. The van der Waals surface area contributed by atoms with Crippen molar-refractivity contribution < 1.29 is 14.3 Å². The van der Waals surface area contributed by atoms with Crippen LogP contribution >= 0.6 is 23.1 Å². The summed E-state index contributed by atoms with van der Waals surface area (Å²) in [6.45, 7) is 0. The van der Waals surface area contributed by atoms with Gasteiger partial charge >= 0.3 is 0 Å². The molecule has 0 spiro atoms. The maximum Gasteiger partial charge on any atom is 0.244 e. The fourth-order valence-corrected chi connectivity index (χ4v) is 5.51. The minimum atomic E-state index is -0.489. The maximum atomic E-state index is 13.4. The Balaban J connectivity index is 1.37. The lowest BCUT2D eigenvalue weighted by atomic mass is 10.1. The van der Waals surface area contributed by atoms with E-state index in [0.29, 0.717) is 5.13 Å². The van der Waals surface area contributed by atoms with E-state index in [-0.39, 0.29) is 17.7 Å². The van der Waals surface area contributed by atoms with Gasteiger partial charge in [-0.25, -0.2) is 4.98 Å². The molecule has 0 radical (unpaired) electrons. The van der Waals surface area contributed by atoms with Gasteiger partial charge in [0.15, 0.2) is 5.13 Å². The minimum Gasteiger partial charge on any atom is -0.497 e. The zero-order valence-electron chi connectivity index (χ0n) is 18.5. The first kappa shape index (κ1) is 22.4. The van der Waals surface area contributed by atoms with Crippen molar-refractivity contribution in [3.63, 3.8) is 0 Å². The van der Waals surface area contributed by atoms with Crippen LogP contribution in [0.1, 0.15) is 23.7 Å². The molecule has 1 aliphatic rings. The number of aromatic nitrogens is 1. The topological polar surface area (TPSA) is 80.3 Å². The highest BCUT2D eigenvalue weighted by Crippen LogP contribution is 2.38. The van der Waals surface area contributed by atoms with Gasteiger partial charge in [0.05, 0.1) is 17.3 Å². The van der Waals surface area contributed by atoms with Gasteiger partial charge in [-0.05, 0) is 54.8 Å². The summed E-state index contributed by atoms with van der Waals surface area (Å²) >= 11 is 2.85. The number of carbonyl (C=O) groups excluding carboxylic acids is 2. The Morgan fingerprint density at radius 3 is 2.62 bits per heavy atom. The van der Waals surface area contributed by atoms with E-state index in [4.69, 9.17) is 4.74 Å². The molecule has 1 aromatic heterocycles. The largest absolute Gasteiger partial charge is 0.497 e. The number of nitrogens with one attached hydrogen (secondary N) is 2. The molecular weight excluding hydrogens is 466 g/mol. The van der Waals surface area contributed by atoms with Gasteiger partial charge in [0.1, 0.15) is 11.0 Å². The summed E-state index contributed by atoms with van der Waals surface area (Å²) in [5, 5.41) is 6.03. The van der Waals surface area contributed by atoms with Gasteiger partial charge in [0, 0.05) is 16.5 Å². The van der Waals surface area contributed by atoms with Gasteiger partial charge < -0.3 is 15.4 Å². The van der Waals surface area contributed by atoms with Crippen LogP contribution in [0, 0.1) is 5.92 Å². The Labute approximate surface area is 205 Å². The van der Waals surface area contributed by atoms with E-state index >= 15 is 0 Å². The van der Waals surface area contributed by atoms with Crippen molar-refractivity contribution in [1.82, 2.24) is 4.98 Å². The molecule has 1 atom stereocenters. The first-order valence-corrected chi connectivity index (χ1v) is 12.7. The maximum absolute atomic E-state index is 13.4. The number of hydrogen-bond acceptors (Lipinski definition) is 6. The van der Waals surface area contributed by atoms with Gasteiger partial charge in [0.25, 0.3) is 0 Å². The number of benzene rings is 3. The Morgan fingerprint density at radius 1 is 1.03 bits per heavy atom. The highest BCUT2D eigenvalue weighted by molar-refractivity contribution is 8.00. The molecule has 172 valence electrons. The highest BCUT2D eigenvalue weighted by Gasteiger charge is 2.29. The van der Waals surface area contributed by atoms with E-state index in [1.165, 1.54) is 23.1 Å².